The Morgan fingerprint density at radius 3 is 2.53 bits per heavy atom. The van der Waals surface area contributed by atoms with Crippen LogP contribution in [-0.4, -0.2) is 35.6 Å². The normalized spacial score (nSPS) is 24.4. The Balaban J connectivity index is 1.77. The van der Waals surface area contributed by atoms with E-state index in [1.54, 1.807) is 20.8 Å². The molecule has 0 aromatic heterocycles. The van der Waals surface area contributed by atoms with Crippen LogP contribution in [0.1, 0.15) is 72.3 Å². The van der Waals surface area contributed by atoms with E-state index in [-0.39, 0.29) is 17.6 Å². The molecule has 3 atom stereocenters. The van der Waals surface area contributed by atoms with Crippen molar-refractivity contribution in [2.75, 3.05) is 0 Å². The molecular weight excluding hydrogens is 406 g/mol. The summed E-state index contributed by atoms with van der Waals surface area (Å²) >= 11 is 0. The molecule has 1 unspecified atom stereocenters. The van der Waals surface area contributed by atoms with E-state index in [2.05, 4.69) is 12.2 Å². The average Bonchev–Trinajstić information content (AvgIpc) is 2.70. The molecule has 1 aromatic rings. The minimum absolute atomic E-state index is 0.116. The first-order valence-corrected chi connectivity index (χ1v) is 11.5. The maximum absolute atomic E-state index is 13.2. The van der Waals surface area contributed by atoms with Gasteiger partial charge in [0.15, 0.2) is 11.9 Å². The maximum Gasteiger partial charge on any atom is 0.408 e. The van der Waals surface area contributed by atoms with Gasteiger partial charge in [0.2, 0.25) is 0 Å². The van der Waals surface area contributed by atoms with Crippen LogP contribution in [0.15, 0.2) is 41.5 Å². The first-order valence-electron chi connectivity index (χ1n) is 11.5. The third-order valence-electron chi connectivity index (χ3n) is 6.40. The summed E-state index contributed by atoms with van der Waals surface area (Å²) in [7, 11) is 0. The molecule has 2 aliphatic carbocycles. The smallest absolute Gasteiger partial charge is 0.408 e. The van der Waals surface area contributed by atoms with E-state index >= 15 is 0 Å². The lowest BCUT2D eigenvalue weighted by atomic mass is 9.63. The van der Waals surface area contributed by atoms with Crippen molar-refractivity contribution in [2.24, 2.45) is 5.41 Å². The molecule has 1 amide bonds. The maximum atomic E-state index is 13.2. The molecule has 6 heteroatoms. The predicted octanol–water partition coefficient (Wildman–Crippen LogP) is 4.90. The molecule has 1 saturated carbocycles. The number of alkyl carbamates (subject to hydrolysis) is 1. The summed E-state index contributed by atoms with van der Waals surface area (Å²) in [5.74, 6) is -0.739. The number of Topliss-reactive ketones (excluding diaryl/α,β-unsaturated/α-hetero) is 1. The van der Waals surface area contributed by atoms with Crippen LogP contribution in [0, 0.1) is 5.41 Å². The summed E-state index contributed by atoms with van der Waals surface area (Å²) in [5.41, 5.74) is 2.01. The number of nitrogens with one attached hydrogen (secondary N) is 1. The lowest BCUT2D eigenvalue weighted by Crippen LogP contribution is -2.48. The van der Waals surface area contributed by atoms with Gasteiger partial charge in [0, 0.05) is 12.8 Å². The van der Waals surface area contributed by atoms with Crippen molar-refractivity contribution in [3.63, 3.8) is 0 Å². The minimum atomic E-state index is -0.954. The Bertz CT molecular complexity index is 899. The zero-order chi connectivity index (χ0) is 23.5. The van der Waals surface area contributed by atoms with E-state index < -0.39 is 29.8 Å². The molecule has 0 bridgehead atoms. The fraction of sp³-hybridized carbons (Fsp3) is 0.577. The number of hydrogen-bond acceptors (Lipinski definition) is 5. The van der Waals surface area contributed by atoms with Crippen LogP contribution in [0.4, 0.5) is 4.79 Å². The average molecular weight is 442 g/mol. The van der Waals surface area contributed by atoms with Gasteiger partial charge in [0.25, 0.3) is 0 Å². The van der Waals surface area contributed by atoms with Gasteiger partial charge < -0.3 is 14.8 Å². The van der Waals surface area contributed by atoms with Crippen LogP contribution < -0.4 is 5.32 Å². The molecule has 6 nitrogen and oxygen atoms in total. The van der Waals surface area contributed by atoms with Crippen molar-refractivity contribution in [1.29, 1.82) is 0 Å². The number of esters is 1. The van der Waals surface area contributed by atoms with Crippen molar-refractivity contribution < 1.29 is 23.9 Å². The van der Waals surface area contributed by atoms with Gasteiger partial charge in [0.1, 0.15) is 11.6 Å². The topological polar surface area (TPSA) is 81.7 Å². The number of ether oxygens (including phenoxy) is 2. The van der Waals surface area contributed by atoms with Crippen molar-refractivity contribution in [1.82, 2.24) is 5.32 Å². The standard InChI is InChI=1S/C26H35NO5/c1-17-19-13-9-10-14-26(19,5)16-21(22(17)28)31-23(29)20(15-18-11-7-6-8-12-18)27-24(30)32-25(2,3)4/h6-8,11-12,20-21H,9-10,13-16H2,1-5H3,(H,27,30)/t20?,21-,26-/m0/s1. The molecule has 1 aromatic carbocycles. The second-order valence-corrected chi connectivity index (χ2v) is 10.3. The van der Waals surface area contributed by atoms with Gasteiger partial charge in [-0.3, -0.25) is 4.79 Å². The first kappa shape index (κ1) is 24.0. The van der Waals surface area contributed by atoms with Gasteiger partial charge in [-0.2, -0.15) is 0 Å². The molecule has 0 saturated heterocycles. The number of carbonyl (C=O) groups is 3. The van der Waals surface area contributed by atoms with Crippen LogP contribution in [0.2, 0.25) is 0 Å². The number of carbonyl (C=O) groups excluding carboxylic acids is 3. The van der Waals surface area contributed by atoms with Crippen LogP contribution in [-0.2, 0) is 25.5 Å². The third-order valence-corrected chi connectivity index (χ3v) is 6.40. The van der Waals surface area contributed by atoms with Gasteiger partial charge in [0.05, 0.1) is 0 Å². The Morgan fingerprint density at radius 2 is 1.88 bits per heavy atom. The zero-order valence-electron chi connectivity index (χ0n) is 19.8. The van der Waals surface area contributed by atoms with Crippen molar-refractivity contribution in [3.8, 4) is 0 Å². The summed E-state index contributed by atoms with van der Waals surface area (Å²) in [6.45, 7) is 9.29. The molecule has 1 fully saturated rings. The second-order valence-electron chi connectivity index (χ2n) is 10.3. The van der Waals surface area contributed by atoms with E-state index in [4.69, 9.17) is 9.47 Å². The molecule has 0 radical (unpaired) electrons. The van der Waals surface area contributed by atoms with E-state index in [1.165, 1.54) is 5.57 Å². The predicted molar refractivity (Wildman–Crippen MR) is 122 cm³/mol. The van der Waals surface area contributed by atoms with Crippen LogP contribution >= 0.6 is 0 Å². The Kier molecular flexibility index (Phi) is 7.11. The number of fused-ring (bicyclic) bond motifs is 1. The summed E-state index contributed by atoms with van der Waals surface area (Å²) in [4.78, 5) is 38.6. The van der Waals surface area contributed by atoms with Gasteiger partial charge in [-0.25, -0.2) is 9.59 Å². The number of ketones is 1. The lowest BCUT2D eigenvalue weighted by Gasteiger charge is -2.43. The Labute approximate surface area is 190 Å². The molecule has 32 heavy (non-hydrogen) atoms. The molecule has 1 N–H and O–H groups in total. The minimum Gasteiger partial charge on any atom is -0.452 e. The van der Waals surface area contributed by atoms with Gasteiger partial charge in [-0.05, 0) is 63.5 Å². The lowest BCUT2D eigenvalue weighted by molar-refractivity contribution is -0.158. The van der Waals surface area contributed by atoms with Crippen LogP contribution in [0.25, 0.3) is 0 Å². The molecule has 2 aliphatic rings. The molecule has 174 valence electrons. The fourth-order valence-corrected chi connectivity index (χ4v) is 4.84. The first-order chi connectivity index (χ1) is 15.0. The number of amides is 1. The number of allylic oxidation sites excluding steroid dienone is 1. The fourth-order valence-electron chi connectivity index (χ4n) is 4.84. The van der Waals surface area contributed by atoms with E-state index in [0.29, 0.717) is 6.42 Å². The highest BCUT2D eigenvalue weighted by Crippen LogP contribution is 2.49. The summed E-state index contributed by atoms with van der Waals surface area (Å²) in [6, 6.07) is 8.43. The quantitative estimate of drug-likeness (QED) is 0.657. The van der Waals surface area contributed by atoms with Gasteiger partial charge >= 0.3 is 12.1 Å². The Morgan fingerprint density at radius 1 is 1.19 bits per heavy atom. The number of benzene rings is 1. The molecule has 0 heterocycles. The third kappa shape index (κ3) is 5.78. The molecule has 3 rings (SSSR count). The number of hydrogen-bond donors (Lipinski definition) is 1. The highest BCUT2D eigenvalue weighted by molar-refractivity contribution is 6.01. The summed E-state index contributed by atoms with van der Waals surface area (Å²) < 4.78 is 11.1. The van der Waals surface area contributed by atoms with Crippen molar-refractivity contribution in [3.05, 3.63) is 47.0 Å². The van der Waals surface area contributed by atoms with E-state index in [9.17, 15) is 14.4 Å². The molecule has 0 aliphatic heterocycles. The largest absolute Gasteiger partial charge is 0.452 e. The Hall–Kier alpha value is -2.63. The molecule has 0 spiro atoms. The highest BCUT2D eigenvalue weighted by atomic mass is 16.6. The number of rotatable bonds is 5. The zero-order valence-corrected chi connectivity index (χ0v) is 19.8. The SMILES string of the molecule is CC1=C2CCCC[C@@]2(C)C[C@H](OC(=O)C(Cc2ccccc2)NC(=O)OC(C)(C)C)C1=O. The van der Waals surface area contributed by atoms with Crippen molar-refractivity contribution >= 4 is 17.8 Å². The van der Waals surface area contributed by atoms with Gasteiger partial charge in [-0.15, -0.1) is 0 Å². The van der Waals surface area contributed by atoms with E-state index in [1.807, 2.05) is 37.3 Å². The highest BCUT2D eigenvalue weighted by Gasteiger charge is 2.44. The van der Waals surface area contributed by atoms with Gasteiger partial charge in [-0.1, -0.05) is 49.2 Å². The second kappa shape index (κ2) is 9.47. The van der Waals surface area contributed by atoms with E-state index in [0.717, 1.165) is 36.8 Å². The summed E-state index contributed by atoms with van der Waals surface area (Å²) in [5, 5.41) is 2.64. The monoisotopic (exact) mass is 441 g/mol. The van der Waals surface area contributed by atoms with Crippen molar-refractivity contribution in [2.45, 2.75) is 90.9 Å². The summed E-state index contributed by atoms with van der Waals surface area (Å²) in [6.07, 6.45) is 3.36. The molecular formula is C26H35NO5. The van der Waals surface area contributed by atoms with Crippen LogP contribution in [0.5, 0.6) is 0 Å². The van der Waals surface area contributed by atoms with Crippen LogP contribution in [0.3, 0.4) is 0 Å².